The number of piperazine rings is 1. The van der Waals surface area contributed by atoms with Crippen LogP contribution in [0.1, 0.15) is 0 Å². The molecule has 0 spiro atoms. The number of carbonyl (C=O) groups is 1. The van der Waals surface area contributed by atoms with Gasteiger partial charge in [0.1, 0.15) is 6.54 Å². The van der Waals surface area contributed by atoms with Crippen LogP contribution >= 0.6 is 0 Å². The van der Waals surface area contributed by atoms with E-state index in [1.165, 1.54) is 0 Å². The van der Waals surface area contributed by atoms with E-state index in [1.54, 1.807) is 36.1 Å². The summed E-state index contributed by atoms with van der Waals surface area (Å²) in [6, 6.07) is 0. The lowest BCUT2D eigenvalue weighted by Crippen LogP contribution is -2.55. The lowest BCUT2D eigenvalue weighted by molar-refractivity contribution is -0.120. The summed E-state index contributed by atoms with van der Waals surface area (Å²) < 4.78 is 26.1. The zero-order chi connectivity index (χ0) is 17.7. The molecular weight excluding hydrogens is 334 g/mol. The number of rotatable bonds is 5. The lowest BCUT2D eigenvalue weighted by Gasteiger charge is -2.35. The van der Waals surface area contributed by atoms with Crippen LogP contribution in [-0.2, 0) is 21.9 Å². The van der Waals surface area contributed by atoms with Gasteiger partial charge in [-0.1, -0.05) is 0 Å². The Labute approximate surface area is 141 Å². The highest BCUT2D eigenvalue weighted by Crippen LogP contribution is 2.15. The van der Waals surface area contributed by atoms with Gasteiger partial charge in [-0.3, -0.25) is 14.5 Å². The van der Waals surface area contributed by atoms with Gasteiger partial charge >= 0.3 is 0 Å². The molecule has 0 radical (unpaired) electrons. The molecule has 1 aromatic rings. The number of aromatic nitrogens is 2. The van der Waals surface area contributed by atoms with Crippen molar-refractivity contribution in [3.05, 3.63) is 12.4 Å². The third-order valence-corrected chi connectivity index (χ3v) is 4.24. The summed E-state index contributed by atoms with van der Waals surface area (Å²) >= 11 is 0. The number of sulfonamides is 1. The van der Waals surface area contributed by atoms with Crippen molar-refractivity contribution >= 4 is 27.6 Å². The molecule has 134 valence electrons. The fourth-order valence-corrected chi connectivity index (χ4v) is 2.89. The molecule has 0 aliphatic carbocycles. The maximum Gasteiger partial charge on any atom is 0.246 e. The van der Waals surface area contributed by atoms with E-state index < -0.39 is 10.0 Å². The van der Waals surface area contributed by atoms with Gasteiger partial charge in [-0.2, -0.15) is 5.10 Å². The fourth-order valence-electron chi connectivity index (χ4n) is 2.42. The zero-order valence-electron chi connectivity index (χ0n) is 14.1. The van der Waals surface area contributed by atoms with Gasteiger partial charge in [0.15, 0.2) is 5.96 Å². The summed E-state index contributed by atoms with van der Waals surface area (Å²) in [4.78, 5) is 20.1. The summed E-state index contributed by atoms with van der Waals surface area (Å²) in [6.45, 7) is 2.00. The Balaban J connectivity index is 1.87. The topological polar surface area (TPSA) is 112 Å². The van der Waals surface area contributed by atoms with Crippen molar-refractivity contribution in [2.45, 2.75) is 0 Å². The summed E-state index contributed by atoms with van der Waals surface area (Å²) in [5.74, 6) is 0.538. The third-order valence-electron chi connectivity index (χ3n) is 3.51. The number of aryl methyl sites for hydroxylation is 1. The minimum atomic E-state index is -3.21. The molecule has 1 aromatic heterocycles. The summed E-state index contributed by atoms with van der Waals surface area (Å²) in [6.07, 6.45) is 4.58. The van der Waals surface area contributed by atoms with Gasteiger partial charge in [-0.15, -0.1) is 0 Å². The standard InChI is InChI=1S/C13H23N7O3S/c1-14-13(15-4-5-17-24(3,22)23)19-6-7-20(12(21)10-19)11-8-16-18(2)9-11/h8-9,17H,4-7,10H2,1-3H3,(H,14,15). The monoisotopic (exact) mass is 357 g/mol. The molecule has 1 saturated heterocycles. The smallest absolute Gasteiger partial charge is 0.246 e. The second-order valence-corrected chi connectivity index (χ2v) is 7.31. The van der Waals surface area contributed by atoms with Gasteiger partial charge < -0.3 is 15.1 Å². The van der Waals surface area contributed by atoms with Gasteiger partial charge in [0.05, 0.1) is 18.1 Å². The van der Waals surface area contributed by atoms with E-state index in [0.717, 1.165) is 11.9 Å². The Morgan fingerprint density at radius 3 is 2.67 bits per heavy atom. The van der Waals surface area contributed by atoms with Crippen molar-refractivity contribution in [1.82, 2.24) is 24.7 Å². The van der Waals surface area contributed by atoms with E-state index in [-0.39, 0.29) is 19.0 Å². The normalized spacial score (nSPS) is 16.6. The number of hydrogen-bond donors (Lipinski definition) is 2. The minimum Gasteiger partial charge on any atom is -0.355 e. The Bertz CT molecular complexity index is 713. The van der Waals surface area contributed by atoms with Gasteiger partial charge in [-0.05, 0) is 0 Å². The van der Waals surface area contributed by atoms with Crippen molar-refractivity contribution in [2.24, 2.45) is 12.0 Å². The van der Waals surface area contributed by atoms with Crippen molar-refractivity contribution < 1.29 is 13.2 Å². The number of anilines is 1. The van der Waals surface area contributed by atoms with E-state index in [1.807, 2.05) is 4.90 Å². The number of carbonyl (C=O) groups excluding carboxylic acids is 1. The van der Waals surface area contributed by atoms with Gasteiger partial charge in [0, 0.05) is 46.5 Å². The fraction of sp³-hybridized carbons (Fsp3) is 0.615. The maximum atomic E-state index is 12.4. The Morgan fingerprint density at radius 1 is 1.38 bits per heavy atom. The lowest BCUT2D eigenvalue weighted by atomic mass is 10.3. The van der Waals surface area contributed by atoms with Crippen molar-refractivity contribution in [3.8, 4) is 0 Å². The van der Waals surface area contributed by atoms with Crippen LogP contribution in [0.3, 0.4) is 0 Å². The molecule has 1 aliphatic heterocycles. The molecule has 2 heterocycles. The second kappa shape index (κ2) is 7.62. The van der Waals surface area contributed by atoms with E-state index in [4.69, 9.17) is 0 Å². The molecular formula is C13H23N7O3S. The predicted molar refractivity (Wildman–Crippen MR) is 91.3 cm³/mol. The number of guanidine groups is 1. The molecule has 0 atom stereocenters. The van der Waals surface area contributed by atoms with Crippen molar-refractivity contribution in [1.29, 1.82) is 0 Å². The average Bonchev–Trinajstić information content (AvgIpc) is 2.92. The van der Waals surface area contributed by atoms with Crippen molar-refractivity contribution in [2.75, 3.05) is 50.9 Å². The Kier molecular flexibility index (Phi) is 5.78. The van der Waals surface area contributed by atoms with Crippen LogP contribution in [0.15, 0.2) is 17.4 Å². The van der Waals surface area contributed by atoms with Gasteiger partial charge in [0.2, 0.25) is 15.9 Å². The first kappa shape index (κ1) is 18.2. The second-order valence-electron chi connectivity index (χ2n) is 5.48. The SMILES string of the molecule is CN=C(NCCNS(C)(=O)=O)N1CCN(c2cnn(C)c2)C(=O)C1. The van der Waals surface area contributed by atoms with E-state index in [2.05, 4.69) is 20.1 Å². The van der Waals surface area contributed by atoms with Crippen LogP contribution in [0.25, 0.3) is 0 Å². The first-order valence-corrected chi connectivity index (χ1v) is 9.38. The number of nitrogens with zero attached hydrogens (tertiary/aromatic N) is 5. The quantitative estimate of drug-likeness (QED) is 0.365. The number of nitrogens with one attached hydrogen (secondary N) is 2. The molecule has 10 nitrogen and oxygen atoms in total. The minimum absolute atomic E-state index is 0.0357. The maximum absolute atomic E-state index is 12.4. The molecule has 11 heteroatoms. The molecule has 1 aliphatic rings. The number of aliphatic imine (C=N–C) groups is 1. The highest BCUT2D eigenvalue weighted by Gasteiger charge is 2.27. The van der Waals surface area contributed by atoms with Gasteiger partial charge in [-0.25, -0.2) is 13.1 Å². The molecule has 0 saturated carbocycles. The molecule has 1 fully saturated rings. The number of hydrogen-bond acceptors (Lipinski definition) is 5. The van der Waals surface area contributed by atoms with Crippen molar-refractivity contribution in [3.63, 3.8) is 0 Å². The highest BCUT2D eigenvalue weighted by atomic mass is 32.2. The van der Waals surface area contributed by atoms with Gasteiger partial charge in [0.25, 0.3) is 0 Å². The average molecular weight is 357 g/mol. The van der Waals surface area contributed by atoms with Crippen LogP contribution < -0.4 is 14.9 Å². The Hall–Kier alpha value is -2.14. The molecule has 2 rings (SSSR count). The number of amides is 1. The highest BCUT2D eigenvalue weighted by molar-refractivity contribution is 7.88. The van der Waals surface area contributed by atoms with E-state index >= 15 is 0 Å². The molecule has 1 amide bonds. The molecule has 0 aromatic carbocycles. The Morgan fingerprint density at radius 2 is 2.12 bits per heavy atom. The zero-order valence-corrected chi connectivity index (χ0v) is 14.9. The summed E-state index contributed by atoms with van der Waals surface area (Å²) in [7, 11) is 0.225. The molecule has 0 bridgehead atoms. The first-order chi connectivity index (χ1) is 11.3. The largest absolute Gasteiger partial charge is 0.355 e. The van der Waals surface area contributed by atoms with Crippen LogP contribution in [0, 0.1) is 0 Å². The molecule has 24 heavy (non-hydrogen) atoms. The van der Waals surface area contributed by atoms with Crippen LogP contribution in [-0.4, -0.2) is 81.0 Å². The third kappa shape index (κ3) is 4.93. The summed E-state index contributed by atoms with van der Waals surface area (Å²) in [5, 5.41) is 7.14. The predicted octanol–water partition coefficient (Wildman–Crippen LogP) is -1.81. The first-order valence-electron chi connectivity index (χ1n) is 7.49. The molecule has 2 N–H and O–H groups in total. The van der Waals surface area contributed by atoms with Crippen LogP contribution in [0.2, 0.25) is 0 Å². The molecule has 0 unspecified atom stereocenters. The van der Waals surface area contributed by atoms with Crippen LogP contribution in [0.5, 0.6) is 0 Å². The van der Waals surface area contributed by atoms with E-state index in [9.17, 15) is 13.2 Å². The van der Waals surface area contributed by atoms with Crippen LogP contribution in [0.4, 0.5) is 5.69 Å². The summed E-state index contributed by atoms with van der Waals surface area (Å²) in [5.41, 5.74) is 0.780. The van der Waals surface area contributed by atoms with E-state index in [0.29, 0.717) is 25.6 Å².